The van der Waals surface area contributed by atoms with Crippen LogP contribution in [0.5, 0.6) is 5.75 Å². The summed E-state index contributed by atoms with van der Waals surface area (Å²) in [7, 11) is 1.39. The number of carbonyl (C=O) groups excluding carboxylic acids is 1. The van der Waals surface area contributed by atoms with Gasteiger partial charge in [-0.1, -0.05) is 11.6 Å². The summed E-state index contributed by atoms with van der Waals surface area (Å²) in [6, 6.07) is 5.27. The highest BCUT2D eigenvalue weighted by atomic mass is 35.5. The van der Waals surface area contributed by atoms with Crippen molar-refractivity contribution < 1.29 is 14.3 Å². The second kappa shape index (κ2) is 5.59. The smallest absolute Gasteiger partial charge is 0.323 e. The van der Waals surface area contributed by atoms with Crippen molar-refractivity contribution in [3.63, 3.8) is 0 Å². The van der Waals surface area contributed by atoms with E-state index in [1.807, 2.05) is 25.1 Å². The van der Waals surface area contributed by atoms with Crippen molar-refractivity contribution >= 4 is 17.6 Å². The number of carbonyl (C=O) groups is 1. The number of ether oxygens (including phenoxy) is 2. The molecular formula is C13H16ClNO3. The first-order valence-electron chi connectivity index (χ1n) is 5.84. The molecule has 1 aromatic carbocycles. The van der Waals surface area contributed by atoms with Gasteiger partial charge in [0, 0.05) is 18.0 Å². The van der Waals surface area contributed by atoms with E-state index in [9.17, 15) is 4.79 Å². The minimum atomic E-state index is -0.270. The van der Waals surface area contributed by atoms with Gasteiger partial charge in [0.25, 0.3) is 0 Å². The van der Waals surface area contributed by atoms with Gasteiger partial charge in [0.05, 0.1) is 7.11 Å². The van der Waals surface area contributed by atoms with Crippen LogP contribution in [0.1, 0.15) is 12.0 Å². The SMILES string of the molecule is COC(=O)[C@@H]1C[C@@H](Oc2ccc(Cl)c(C)c2)CN1. The van der Waals surface area contributed by atoms with Gasteiger partial charge < -0.3 is 14.8 Å². The molecule has 2 rings (SSSR count). The molecule has 98 valence electrons. The number of nitrogens with one attached hydrogen (secondary N) is 1. The fourth-order valence-corrected chi connectivity index (χ4v) is 2.12. The maximum absolute atomic E-state index is 11.4. The minimum Gasteiger partial charge on any atom is -0.489 e. The van der Waals surface area contributed by atoms with E-state index >= 15 is 0 Å². The van der Waals surface area contributed by atoms with Gasteiger partial charge in [0.1, 0.15) is 17.9 Å². The zero-order valence-electron chi connectivity index (χ0n) is 10.4. The van der Waals surface area contributed by atoms with Gasteiger partial charge in [-0.05, 0) is 30.7 Å². The molecule has 1 heterocycles. The number of esters is 1. The summed E-state index contributed by atoms with van der Waals surface area (Å²) in [5, 5.41) is 3.80. The van der Waals surface area contributed by atoms with Crippen LogP contribution >= 0.6 is 11.6 Å². The summed E-state index contributed by atoms with van der Waals surface area (Å²) in [6.07, 6.45) is 0.601. The van der Waals surface area contributed by atoms with E-state index in [4.69, 9.17) is 21.1 Å². The van der Waals surface area contributed by atoms with Crippen LogP contribution in [0.15, 0.2) is 18.2 Å². The first-order chi connectivity index (χ1) is 8.60. The Bertz CT molecular complexity index is 450. The molecule has 0 bridgehead atoms. The Hall–Kier alpha value is -1.26. The van der Waals surface area contributed by atoms with Gasteiger partial charge in [-0.3, -0.25) is 4.79 Å². The summed E-state index contributed by atoms with van der Waals surface area (Å²) in [4.78, 5) is 11.4. The fourth-order valence-electron chi connectivity index (χ4n) is 2.00. The molecule has 0 aliphatic carbocycles. The molecule has 5 heteroatoms. The predicted molar refractivity (Wildman–Crippen MR) is 69.0 cm³/mol. The van der Waals surface area contributed by atoms with Gasteiger partial charge in [-0.2, -0.15) is 0 Å². The molecule has 0 aromatic heterocycles. The summed E-state index contributed by atoms with van der Waals surface area (Å²) in [6.45, 7) is 2.57. The highest BCUT2D eigenvalue weighted by Gasteiger charge is 2.31. The molecule has 0 amide bonds. The number of hydrogen-bond acceptors (Lipinski definition) is 4. The molecule has 1 saturated heterocycles. The molecule has 1 aliphatic heterocycles. The van der Waals surface area contributed by atoms with Crippen LogP contribution in [-0.4, -0.2) is 31.8 Å². The van der Waals surface area contributed by atoms with Crippen molar-refractivity contribution in [1.29, 1.82) is 0 Å². The molecule has 18 heavy (non-hydrogen) atoms. The molecule has 1 aromatic rings. The Balaban J connectivity index is 1.95. The number of aryl methyl sites for hydroxylation is 1. The first-order valence-corrected chi connectivity index (χ1v) is 6.22. The number of halogens is 1. The van der Waals surface area contributed by atoms with Crippen LogP contribution in [0.2, 0.25) is 5.02 Å². The molecule has 0 unspecified atom stereocenters. The number of rotatable bonds is 3. The number of benzene rings is 1. The van der Waals surface area contributed by atoms with Crippen molar-refractivity contribution in [2.24, 2.45) is 0 Å². The number of methoxy groups -OCH3 is 1. The van der Waals surface area contributed by atoms with Crippen LogP contribution < -0.4 is 10.1 Å². The summed E-state index contributed by atoms with van der Waals surface area (Å²) >= 11 is 5.95. The van der Waals surface area contributed by atoms with E-state index in [2.05, 4.69) is 5.32 Å². The summed E-state index contributed by atoms with van der Waals surface area (Å²) in [5.74, 6) is 0.530. The van der Waals surface area contributed by atoms with Crippen LogP contribution in [0.3, 0.4) is 0 Å². The maximum atomic E-state index is 11.4. The highest BCUT2D eigenvalue weighted by Crippen LogP contribution is 2.23. The van der Waals surface area contributed by atoms with Crippen LogP contribution in [0.4, 0.5) is 0 Å². The van der Waals surface area contributed by atoms with Crippen molar-refractivity contribution in [2.75, 3.05) is 13.7 Å². The average molecular weight is 270 g/mol. The molecule has 0 spiro atoms. The minimum absolute atomic E-state index is 0.0188. The van der Waals surface area contributed by atoms with E-state index < -0.39 is 0 Å². The zero-order valence-corrected chi connectivity index (χ0v) is 11.2. The third-order valence-electron chi connectivity index (χ3n) is 3.01. The highest BCUT2D eigenvalue weighted by molar-refractivity contribution is 6.31. The summed E-state index contributed by atoms with van der Waals surface area (Å²) < 4.78 is 10.5. The van der Waals surface area contributed by atoms with Crippen molar-refractivity contribution in [1.82, 2.24) is 5.32 Å². The van der Waals surface area contributed by atoms with E-state index in [0.717, 1.165) is 16.3 Å². The van der Waals surface area contributed by atoms with Crippen molar-refractivity contribution in [2.45, 2.75) is 25.5 Å². The van der Waals surface area contributed by atoms with Crippen LogP contribution in [-0.2, 0) is 9.53 Å². The topological polar surface area (TPSA) is 47.6 Å². The molecule has 4 nitrogen and oxygen atoms in total. The Morgan fingerprint density at radius 3 is 2.94 bits per heavy atom. The first kappa shape index (κ1) is 13.2. The molecule has 1 N–H and O–H groups in total. The molecule has 1 aliphatic rings. The Labute approximate surface area is 111 Å². The molecular weight excluding hydrogens is 254 g/mol. The molecule has 0 radical (unpaired) electrons. The predicted octanol–water partition coefficient (Wildman–Crippen LogP) is 1.93. The second-order valence-corrected chi connectivity index (χ2v) is 4.78. The maximum Gasteiger partial charge on any atom is 0.323 e. The molecule has 1 fully saturated rings. The number of hydrogen-bond donors (Lipinski definition) is 1. The fraction of sp³-hybridized carbons (Fsp3) is 0.462. The quantitative estimate of drug-likeness (QED) is 0.852. The summed E-state index contributed by atoms with van der Waals surface area (Å²) in [5.41, 5.74) is 0.977. The standard InChI is InChI=1S/C13H16ClNO3/c1-8-5-9(3-4-11(8)14)18-10-6-12(15-7-10)13(16)17-2/h3-5,10,12,15H,6-7H2,1-2H3/t10-,12+/m1/s1. The lowest BCUT2D eigenvalue weighted by atomic mass is 10.2. The zero-order chi connectivity index (χ0) is 13.1. The third kappa shape index (κ3) is 2.94. The lowest BCUT2D eigenvalue weighted by Crippen LogP contribution is -2.31. The lowest BCUT2D eigenvalue weighted by Gasteiger charge is -2.13. The van der Waals surface area contributed by atoms with Gasteiger partial charge in [0.15, 0.2) is 0 Å². The molecule has 2 atom stereocenters. The Morgan fingerprint density at radius 1 is 1.50 bits per heavy atom. The van der Waals surface area contributed by atoms with E-state index in [-0.39, 0.29) is 18.1 Å². The monoisotopic (exact) mass is 269 g/mol. The average Bonchev–Trinajstić information content (AvgIpc) is 2.81. The normalized spacial score (nSPS) is 22.8. The third-order valence-corrected chi connectivity index (χ3v) is 3.43. The molecule has 0 saturated carbocycles. The van der Waals surface area contributed by atoms with E-state index in [1.165, 1.54) is 7.11 Å². The van der Waals surface area contributed by atoms with Gasteiger partial charge >= 0.3 is 5.97 Å². The largest absolute Gasteiger partial charge is 0.489 e. The second-order valence-electron chi connectivity index (χ2n) is 4.37. The van der Waals surface area contributed by atoms with Gasteiger partial charge in [-0.15, -0.1) is 0 Å². The van der Waals surface area contributed by atoms with Crippen LogP contribution in [0, 0.1) is 6.92 Å². The van der Waals surface area contributed by atoms with Gasteiger partial charge in [-0.25, -0.2) is 0 Å². The van der Waals surface area contributed by atoms with Gasteiger partial charge in [0.2, 0.25) is 0 Å². The van der Waals surface area contributed by atoms with E-state index in [0.29, 0.717) is 13.0 Å². The Morgan fingerprint density at radius 2 is 2.28 bits per heavy atom. The van der Waals surface area contributed by atoms with Crippen molar-refractivity contribution in [3.8, 4) is 5.75 Å². The van der Waals surface area contributed by atoms with E-state index in [1.54, 1.807) is 0 Å². The van der Waals surface area contributed by atoms with Crippen molar-refractivity contribution in [3.05, 3.63) is 28.8 Å². The lowest BCUT2D eigenvalue weighted by molar-refractivity contribution is -0.142. The van der Waals surface area contributed by atoms with Crippen LogP contribution in [0.25, 0.3) is 0 Å². The Kier molecular flexibility index (Phi) is 4.09.